The van der Waals surface area contributed by atoms with Crippen molar-refractivity contribution in [2.45, 2.75) is 57.9 Å². The van der Waals surface area contributed by atoms with Gasteiger partial charge in [0, 0.05) is 17.8 Å². The molecule has 0 unspecified atom stereocenters. The second-order valence-electron chi connectivity index (χ2n) is 5.30. The Balaban J connectivity index is 1.82. The van der Waals surface area contributed by atoms with Crippen LogP contribution in [-0.4, -0.2) is 22.3 Å². The molecule has 1 saturated carbocycles. The van der Waals surface area contributed by atoms with E-state index < -0.39 is 0 Å². The largest absolute Gasteiger partial charge is 0.335 e. The molecule has 0 saturated heterocycles. The minimum absolute atomic E-state index is 0.149. The Hall–Kier alpha value is -1.52. The summed E-state index contributed by atoms with van der Waals surface area (Å²) in [5.41, 5.74) is 1.03. The Kier molecular flexibility index (Phi) is 4.23. The molecular formula is C13H22N4O. The first-order chi connectivity index (χ1) is 8.65. The first kappa shape index (κ1) is 12.9. The summed E-state index contributed by atoms with van der Waals surface area (Å²) in [7, 11) is 0. The van der Waals surface area contributed by atoms with Crippen LogP contribution in [0.4, 0.5) is 10.6 Å². The predicted octanol–water partition coefficient (Wildman–Crippen LogP) is 2.99. The number of hydrogen-bond acceptors (Lipinski definition) is 2. The first-order valence-electron chi connectivity index (χ1n) is 6.78. The van der Waals surface area contributed by atoms with Gasteiger partial charge in [-0.15, -0.1) is 0 Å². The number of urea groups is 1. The number of aromatic nitrogens is 2. The molecule has 100 valence electrons. The maximum Gasteiger partial charge on any atom is 0.320 e. The summed E-state index contributed by atoms with van der Waals surface area (Å²) in [6.07, 6.45) is 5.89. The van der Waals surface area contributed by atoms with Gasteiger partial charge in [-0.1, -0.05) is 33.1 Å². The SMILES string of the molecule is CC(C)c1cc(NC(=O)NC2CCCCC2)n[nH]1. The molecule has 18 heavy (non-hydrogen) atoms. The van der Waals surface area contributed by atoms with Crippen LogP contribution in [0.2, 0.25) is 0 Å². The molecule has 0 aromatic carbocycles. The third kappa shape index (κ3) is 3.48. The molecule has 1 aromatic heterocycles. The molecule has 5 heteroatoms. The average molecular weight is 250 g/mol. The van der Waals surface area contributed by atoms with Crippen LogP contribution in [-0.2, 0) is 0 Å². The number of hydrogen-bond donors (Lipinski definition) is 3. The van der Waals surface area contributed by atoms with E-state index in [2.05, 4.69) is 34.7 Å². The van der Waals surface area contributed by atoms with Gasteiger partial charge in [-0.3, -0.25) is 10.4 Å². The van der Waals surface area contributed by atoms with Gasteiger partial charge < -0.3 is 5.32 Å². The van der Waals surface area contributed by atoms with E-state index in [1.54, 1.807) is 0 Å². The highest BCUT2D eigenvalue weighted by Gasteiger charge is 2.16. The summed E-state index contributed by atoms with van der Waals surface area (Å²) in [6, 6.07) is 2.05. The summed E-state index contributed by atoms with van der Waals surface area (Å²) >= 11 is 0. The van der Waals surface area contributed by atoms with E-state index in [0.717, 1.165) is 18.5 Å². The van der Waals surface area contributed by atoms with Crippen LogP contribution in [0, 0.1) is 0 Å². The number of amides is 2. The van der Waals surface area contributed by atoms with Crippen molar-refractivity contribution in [3.05, 3.63) is 11.8 Å². The maximum atomic E-state index is 11.8. The van der Waals surface area contributed by atoms with E-state index in [4.69, 9.17) is 0 Å². The zero-order valence-electron chi connectivity index (χ0n) is 11.1. The third-order valence-electron chi connectivity index (χ3n) is 3.40. The lowest BCUT2D eigenvalue weighted by Gasteiger charge is -2.22. The molecule has 1 fully saturated rings. The molecule has 1 aromatic rings. The molecule has 1 aliphatic carbocycles. The van der Waals surface area contributed by atoms with Gasteiger partial charge in [-0.25, -0.2) is 4.79 Å². The number of nitrogens with one attached hydrogen (secondary N) is 3. The van der Waals surface area contributed by atoms with Crippen LogP contribution in [0.25, 0.3) is 0 Å². The number of carbonyl (C=O) groups excluding carboxylic acids is 1. The topological polar surface area (TPSA) is 69.8 Å². The molecule has 1 aliphatic rings. The Labute approximate surface area is 108 Å². The average Bonchev–Trinajstić information content (AvgIpc) is 2.78. The van der Waals surface area contributed by atoms with Gasteiger partial charge in [0.1, 0.15) is 0 Å². The van der Waals surface area contributed by atoms with Gasteiger partial charge in [-0.2, -0.15) is 5.10 Å². The fourth-order valence-corrected chi connectivity index (χ4v) is 2.28. The molecule has 1 heterocycles. The van der Waals surface area contributed by atoms with E-state index in [-0.39, 0.29) is 6.03 Å². The van der Waals surface area contributed by atoms with Gasteiger partial charge in [0.2, 0.25) is 0 Å². The lowest BCUT2D eigenvalue weighted by molar-refractivity contribution is 0.244. The number of H-pyrrole nitrogens is 1. The number of aromatic amines is 1. The molecule has 5 nitrogen and oxygen atoms in total. The summed E-state index contributed by atoms with van der Waals surface area (Å²) < 4.78 is 0. The Morgan fingerprint density at radius 1 is 1.39 bits per heavy atom. The van der Waals surface area contributed by atoms with E-state index in [0.29, 0.717) is 17.8 Å². The van der Waals surface area contributed by atoms with E-state index in [1.807, 2.05) is 6.07 Å². The Bertz CT molecular complexity index is 393. The highest BCUT2D eigenvalue weighted by Crippen LogP contribution is 2.18. The minimum Gasteiger partial charge on any atom is -0.335 e. The van der Waals surface area contributed by atoms with Crippen LogP contribution in [0.15, 0.2) is 6.07 Å². The standard InChI is InChI=1S/C13H22N4O/c1-9(2)11-8-12(17-16-11)15-13(18)14-10-6-4-3-5-7-10/h8-10H,3-7H2,1-2H3,(H3,14,15,16,17,18). The molecule has 2 amide bonds. The van der Waals surface area contributed by atoms with Gasteiger partial charge in [-0.05, 0) is 18.8 Å². The summed E-state index contributed by atoms with van der Waals surface area (Å²) in [6.45, 7) is 4.17. The second kappa shape index (κ2) is 5.89. The number of nitrogens with zero attached hydrogens (tertiary/aromatic N) is 1. The van der Waals surface area contributed by atoms with Crippen molar-refractivity contribution >= 4 is 11.8 Å². The third-order valence-corrected chi connectivity index (χ3v) is 3.40. The van der Waals surface area contributed by atoms with Crippen LogP contribution in [0.1, 0.15) is 57.6 Å². The molecule has 0 bridgehead atoms. The van der Waals surface area contributed by atoms with Crippen molar-refractivity contribution in [3.63, 3.8) is 0 Å². The van der Waals surface area contributed by atoms with Crippen LogP contribution in [0.5, 0.6) is 0 Å². The highest BCUT2D eigenvalue weighted by atomic mass is 16.2. The number of rotatable bonds is 3. The van der Waals surface area contributed by atoms with Gasteiger partial charge >= 0.3 is 6.03 Å². The minimum atomic E-state index is -0.149. The fourth-order valence-electron chi connectivity index (χ4n) is 2.28. The van der Waals surface area contributed by atoms with Crippen molar-refractivity contribution in [1.82, 2.24) is 15.5 Å². The molecule has 2 rings (SSSR count). The van der Waals surface area contributed by atoms with Gasteiger partial charge in [0.25, 0.3) is 0 Å². The molecule has 0 radical (unpaired) electrons. The van der Waals surface area contributed by atoms with Crippen LogP contribution < -0.4 is 10.6 Å². The number of anilines is 1. The first-order valence-corrected chi connectivity index (χ1v) is 6.78. The molecule has 0 atom stereocenters. The highest BCUT2D eigenvalue weighted by molar-refractivity contribution is 5.88. The van der Waals surface area contributed by atoms with Crippen LogP contribution >= 0.6 is 0 Å². The van der Waals surface area contributed by atoms with Crippen molar-refractivity contribution in [1.29, 1.82) is 0 Å². The molecule has 0 spiro atoms. The van der Waals surface area contributed by atoms with E-state index in [9.17, 15) is 4.79 Å². The Morgan fingerprint density at radius 2 is 2.11 bits per heavy atom. The summed E-state index contributed by atoms with van der Waals surface area (Å²) in [5, 5.41) is 12.8. The van der Waals surface area contributed by atoms with E-state index >= 15 is 0 Å². The predicted molar refractivity (Wildman–Crippen MR) is 71.7 cm³/mol. The molecule has 0 aliphatic heterocycles. The summed E-state index contributed by atoms with van der Waals surface area (Å²) in [5.74, 6) is 0.974. The molecular weight excluding hydrogens is 228 g/mol. The van der Waals surface area contributed by atoms with Gasteiger partial charge in [0.05, 0.1) is 0 Å². The molecule has 3 N–H and O–H groups in total. The second-order valence-corrected chi connectivity index (χ2v) is 5.30. The van der Waals surface area contributed by atoms with E-state index in [1.165, 1.54) is 19.3 Å². The van der Waals surface area contributed by atoms with Crippen molar-refractivity contribution in [2.24, 2.45) is 0 Å². The fraction of sp³-hybridized carbons (Fsp3) is 0.692. The quantitative estimate of drug-likeness (QED) is 0.771. The Morgan fingerprint density at radius 3 is 2.72 bits per heavy atom. The van der Waals surface area contributed by atoms with Gasteiger partial charge in [0.15, 0.2) is 5.82 Å². The van der Waals surface area contributed by atoms with Crippen molar-refractivity contribution in [3.8, 4) is 0 Å². The lowest BCUT2D eigenvalue weighted by Crippen LogP contribution is -2.39. The smallest absolute Gasteiger partial charge is 0.320 e. The zero-order chi connectivity index (χ0) is 13.0. The maximum absolute atomic E-state index is 11.8. The number of carbonyl (C=O) groups is 1. The van der Waals surface area contributed by atoms with Crippen LogP contribution in [0.3, 0.4) is 0 Å². The lowest BCUT2D eigenvalue weighted by atomic mass is 9.96. The normalized spacial score (nSPS) is 16.8. The van der Waals surface area contributed by atoms with Crippen molar-refractivity contribution < 1.29 is 4.79 Å². The summed E-state index contributed by atoms with van der Waals surface area (Å²) in [4.78, 5) is 11.8. The zero-order valence-corrected chi connectivity index (χ0v) is 11.1. The monoisotopic (exact) mass is 250 g/mol. The van der Waals surface area contributed by atoms with Crippen molar-refractivity contribution in [2.75, 3.05) is 5.32 Å².